The molecule has 0 spiro atoms. The second kappa shape index (κ2) is 6.32. The van der Waals surface area contributed by atoms with Crippen molar-refractivity contribution in [2.45, 2.75) is 12.8 Å². The van der Waals surface area contributed by atoms with Crippen LogP contribution in [0.4, 0.5) is 5.82 Å². The van der Waals surface area contributed by atoms with E-state index in [1.54, 1.807) is 7.11 Å². The van der Waals surface area contributed by atoms with E-state index in [1.807, 2.05) is 28.9 Å². The number of nitrogens with one attached hydrogen (secondary N) is 1. The monoisotopic (exact) mass is 383 g/mol. The number of halogens is 1. The van der Waals surface area contributed by atoms with Crippen LogP contribution in [0.15, 0.2) is 53.0 Å². The Hall–Kier alpha value is -2.27. The Kier molecular flexibility index (Phi) is 4.02. The third-order valence-electron chi connectivity index (χ3n) is 4.29. The fraction of sp³-hybridized carbons (Fsp3) is 0.211. The molecule has 1 N–H and O–H groups in total. The van der Waals surface area contributed by atoms with Gasteiger partial charge < -0.3 is 10.1 Å². The largest absolute Gasteiger partial charge is 0.497 e. The summed E-state index contributed by atoms with van der Waals surface area (Å²) >= 11 is 3.54. The minimum absolute atomic E-state index is 0.808. The Morgan fingerprint density at radius 2 is 2.08 bits per heavy atom. The molecule has 0 bridgehead atoms. The molecule has 2 heterocycles. The topological polar surface area (TPSA) is 39.1 Å². The van der Waals surface area contributed by atoms with E-state index in [1.165, 1.54) is 11.1 Å². The molecule has 0 fully saturated rings. The maximum Gasteiger partial charge on any atom is 0.133 e. The summed E-state index contributed by atoms with van der Waals surface area (Å²) in [5.41, 5.74) is 4.72. The van der Waals surface area contributed by atoms with E-state index in [0.29, 0.717) is 0 Å². The van der Waals surface area contributed by atoms with Crippen molar-refractivity contribution in [3.05, 3.63) is 69.8 Å². The first kappa shape index (κ1) is 15.3. The van der Waals surface area contributed by atoms with Gasteiger partial charge in [-0.1, -0.05) is 34.1 Å². The van der Waals surface area contributed by atoms with Crippen LogP contribution in [0.2, 0.25) is 0 Å². The van der Waals surface area contributed by atoms with Crippen LogP contribution in [0, 0.1) is 0 Å². The molecule has 1 aliphatic heterocycles. The normalized spacial score (nSPS) is 12.8. The molecule has 0 aliphatic carbocycles. The second-order valence-electron chi connectivity index (χ2n) is 5.87. The zero-order valence-electron chi connectivity index (χ0n) is 13.4. The highest BCUT2D eigenvalue weighted by Crippen LogP contribution is 2.31. The number of aromatic nitrogens is 2. The van der Waals surface area contributed by atoms with Crippen LogP contribution in [0.5, 0.6) is 5.75 Å². The summed E-state index contributed by atoms with van der Waals surface area (Å²) in [5.74, 6) is 2.00. The summed E-state index contributed by atoms with van der Waals surface area (Å²) in [7, 11) is 1.70. The molecule has 24 heavy (non-hydrogen) atoms. The van der Waals surface area contributed by atoms with Crippen LogP contribution in [0.3, 0.4) is 0 Å². The zero-order valence-corrected chi connectivity index (χ0v) is 15.0. The Morgan fingerprint density at radius 1 is 1.21 bits per heavy atom. The van der Waals surface area contributed by atoms with E-state index in [9.17, 15) is 0 Å². The van der Waals surface area contributed by atoms with Crippen LogP contribution in [-0.4, -0.2) is 23.4 Å². The second-order valence-corrected chi connectivity index (χ2v) is 6.79. The van der Waals surface area contributed by atoms with Gasteiger partial charge in [0, 0.05) is 23.0 Å². The molecule has 0 atom stereocenters. The van der Waals surface area contributed by atoms with Gasteiger partial charge in [-0.25, -0.2) is 4.68 Å². The first-order chi connectivity index (χ1) is 11.7. The van der Waals surface area contributed by atoms with Gasteiger partial charge in [0.1, 0.15) is 11.6 Å². The van der Waals surface area contributed by atoms with Crippen LogP contribution in [0.1, 0.15) is 16.8 Å². The molecule has 2 aromatic carbocycles. The zero-order chi connectivity index (χ0) is 16.5. The van der Waals surface area contributed by atoms with Crippen molar-refractivity contribution in [2.75, 3.05) is 19.0 Å². The number of hydrogen-bond acceptors (Lipinski definition) is 3. The minimum atomic E-state index is 0.808. The van der Waals surface area contributed by atoms with Gasteiger partial charge in [0.25, 0.3) is 0 Å². The van der Waals surface area contributed by atoms with Crippen molar-refractivity contribution < 1.29 is 4.74 Å². The smallest absolute Gasteiger partial charge is 0.133 e. The maximum atomic E-state index is 5.33. The van der Waals surface area contributed by atoms with Gasteiger partial charge in [0.15, 0.2) is 0 Å². The predicted molar refractivity (Wildman–Crippen MR) is 99.3 cm³/mol. The highest BCUT2D eigenvalue weighted by molar-refractivity contribution is 9.10. The van der Waals surface area contributed by atoms with Crippen molar-refractivity contribution in [1.29, 1.82) is 0 Å². The molecular formula is C19H18BrN3O. The first-order valence-corrected chi connectivity index (χ1v) is 8.77. The third-order valence-corrected chi connectivity index (χ3v) is 4.79. The van der Waals surface area contributed by atoms with Crippen molar-refractivity contribution in [2.24, 2.45) is 0 Å². The maximum absolute atomic E-state index is 5.33. The molecule has 4 nitrogen and oxygen atoms in total. The van der Waals surface area contributed by atoms with E-state index in [-0.39, 0.29) is 0 Å². The number of anilines is 1. The van der Waals surface area contributed by atoms with E-state index in [4.69, 9.17) is 9.84 Å². The predicted octanol–water partition coefficient (Wildman–Crippen LogP) is 4.20. The summed E-state index contributed by atoms with van der Waals surface area (Å²) in [4.78, 5) is 0. The van der Waals surface area contributed by atoms with Gasteiger partial charge in [-0.3, -0.25) is 0 Å². The molecule has 3 aromatic rings. The SMILES string of the molecule is COc1cccc(Cc2nn(-c3cccc(Br)c3)c3c2CCN3)c1. The summed E-state index contributed by atoms with van der Waals surface area (Å²) in [6, 6.07) is 16.4. The van der Waals surface area contributed by atoms with Crippen molar-refractivity contribution >= 4 is 21.7 Å². The van der Waals surface area contributed by atoms with E-state index in [0.717, 1.165) is 46.8 Å². The molecule has 4 rings (SSSR count). The number of rotatable bonds is 4. The molecule has 122 valence electrons. The average Bonchev–Trinajstić information content (AvgIpc) is 3.19. The van der Waals surface area contributed by atoms with Crippen molar-refractivity contribution in [3.63, 3.8) is 0 Å². The van der Waals surface area contributed by atoms with Crippen molar-refractivity contribution in [1.82, 2.24) is 9.78 Å². The molecule has 0 saturated carbocycles. The number of nitrogens with zero attached hydrogens (tertiary/aromatic N) is 2. The summed E-state index contributed by atoms with van der Waals surface area (Å²) in [5, 5.41) is 8.36. The van der Waals surface area contributed by atoms with Gasteiger partial charge in [-0.05, 0) is 42.3 Å². The fourth-order valence-electron chi connectivity index (χ4n) is 3.16. The lowest BCUT2D eigenvalue weighted by atomic mass is 10.1. The van der Waals surface area contributed by atoms with E-state index in [2.05, 4.69) is 45.5 Å². The highest BCUT2D eigenvalue weighted by atomic mass is 79.9. The van der Waals surface area contributed by atoms with Crippen LogP contribution in [-0.2, 0) is 12.8 Å². The van der Waals surface area contributed by atoms with E-state index >= 15 is 0 Å². The standard InChI is InChI=1S/C19H18BrN3O/c1-24-16-7-2-4-13(10-16)11-18-17-8-9-21-19(17)23(22-18)15-6-3-5-14(20)12-15/h2-7,10,12,21H,8-9,11H2,1H3. The quantitative estimate of drug-likeness (QED) is 0.733. The number of hydrogen-bond donors (Lipinski definition) is 1. The first-order valence-electron chi connectivity index (χ1n) is 7.98. The van der Waals surface area contributed by atoms with Gasteiger partial charge in [0.2, 0.25) is 0 Å². The van der Waals surface area contributed by atoms with Crippen LogP contribution < -0.4 is 10.1 Å². The number of methoxy groups -OCH3 is 1. The Bertz CT molecular complexity index is 888. The summed E-state index contributed by atoms with van der Waals surface area (Å²) in [6.07, 6.45) is 1.82. The summed E-state index contributed by atoms with van der Waals surface area (Å²) in [6.45, 7) is 0.965. The van der Waals surface area contributed by atoms with Crippen LogP contribution in [0.25, 0.3) is 5.69 Å². The molecule has 5 heteroatoms. The molecule has 0 saturated heterocycles. The Balaban J connectivity index is 1.73. The number of fused-ring (bicyclic) bond motifs is 1. The highest BCUT2D eigenvalue weighted by Gasteiger charge is 2.23. The third kappa shape index (κ3) is 2.80. The summed E-state index contributed by atoms with van der Waals surface area (Å²) < 4.78 is 8.40. The van der Waals surface area contributed by atoms with Crippen molar-refractivity contribution in [3.8, 4) is 11.4 Å². The minimum Gasteiger partial charge on any atom is -0.497 e. The fourth-order valence-corrected chi connectivity index (χ4v) is 3.55. The lowest BCUT2D eigenvalue weighted by Gasteiger charge is -2.07. The van der Waals surface area contributed by atoms with Gasteiger partial charge in [0.05, 0.1) is 18.5 Å². The Morgan fingerprint density at radius 3 is 2.92 bits per heavy atom. The lowest BCUT2D eigenvalue weighted by molar-refractivity contribution is 0.414. The molecule has 0 amide bonds. The van der Waals surface area contributed by atoms with Gasteiger partial charge in [-0.15, -0.1) is 0 Å². The van der Waals surface area contributed by atoms with Gasteiger partial charge >= 0.3 is 0 Å². The lowest BCUT2D eigenvalue weighted by Crippen LogP contribution is -2.05. The molecule has 1 aliphatic rings. The molecular weight excluding hydrogens is 366 g/mol. The number of ether oxygens (including phenoxy) is 1. The van der Waals surface area contributed by atoms with Gasteiger partial charge in [-0.2, -0.15) is 5.10 Å². The Labute approximate surface area is 149 Å². The molecule has 0 radical (unpaired) electrons. The molecule has 0 unspecified atom stereocenters. The molecule has 1 aromatic heterocycles. The van der Waals surface area contributed by atoms with E-state index < -0.39 is 0 Å². The average molecular weight is 384 g/mol. The van der Waals surface area contributed by atoms with Crippen LogP contribution >= 0.6 is 15.9 Å². The number of benzene rings is 2.